The number of Topliss-reactive ketones (excluding diaryl/α,β-unsaturated/α-hetero) is 1. The second kappa shape index (κ2) is 8.05. The van der Waals surface area contributed by atoms with E-state index in [-0.39, 0.29) is 11.7 Å². The first kappa shape index (κ1) is 19.2. The third-order valence-electron chi connectivity index (χ3n) is 6.03. The standard InChI is InChI=1S/C22H24N2O3S/c25-13-17-21(19(28)12-23-17)22(27)18-7-3-4-8-24(18)20(26)11-14-9-15-5-1-2-6-16(15)10-14/h1-2,5-6,9,13,17-18,21,23H,3-4,7-8,10-12H2/t17-,18?,21?/m1/s1. The minimum atomic E-state index is -0.596. The Morgan fingerprint density at radius 2 is 2.07 bits per heavy atom. The number of fused-ring (bicyclic) bond motifs is 1. The molecule has 1 aromatic carbocycles. The summed E-state index contributed by atoms with van der Waals surface area (Å²) >= 11 is 5.33. The van der Waals surface area contributed by atoms with Gasteiger partial charge in [0, 0.05) is 24.4 Å². The normalized spacial score (nSPS) is 26.7. The molecular weight excluding hydrogens is 372 g/mol. The van der Waals surface area contributed by atoms with Crippen LogP contribution in [0.5, 0.6) is 0 Å². The van der Waals surface area contributed by atoms with Gasteiger partial charge in [0.15, 0.2) is 5.78 Å². The van der Waals surface area contributed by atoms with Crippen LogP contribution in [0.1, 0.15) is 36.8 Å². The van der Waals surface area contributed by atoms with Gasteiger partial charge in [0.25, 0.3) is 0 Å². The van der Waals surface area contributed by atoms with Crippen LogP contribution in [0.4, 0.5) is 0 Å². The second-order valence-electron chi connectivity index (χ2n) is 7.84. The summed E-state index contributed by atoms with van der Waals surface area (Å²) in [4.78, 5) is 40.0. The molecule has 0 radical (unpaired) electrons. The zero-order valence-corrected chi connectivity index (χ0v) is 16.5. The van der Waals surface area contributed by atoms with Crippen molar-refractivity contribution < 1.29 is 14.4 Å². The van der Waals surface area contributed by atoms with Gasteiger partial charge < -0.3 is 15.0 Å². The monoisotopic (exact) mass is 396 g/mol. The van der Waals surface area contributed by atoms with E-state index in [0.717, 1.165) is 31.1 Å². The highest BCUT2D eigenvalue weighted by Gasteiger charge is 2.43. The Labute approximate surface area is 170 Å². The summed E-state index contributed by atoms with van der Waals surface area (Å²) in [6.07, 6.45) is 6.44. The molecule has 0 saturated carbocycles. The number of nitrogens with one attached hydrogen (secondary N) is 1. The molecule has 0 bridgehead atoms. The predicted molar refractivity (Wildman–Crippen MR) is 111 cm³/mol. The van der Waals surface area contributed by atoms with Crippen LogP contribution in [0, 0.1) is 5.92 Å². The smallest absolute Gasteiger partial charge is 0.227 e. The molecule has 3 aliphatic rings. The maximum absolute atomic E-state index is 13.2. The minimum absolute atomic E-state index is 0.00312. The van der Waals surface area contributed by atoms with E-state index in [9.17, 15) is 14.4 Å². The van der Waals surface area contributed by atoms with Crippen molar-refractivity contribution in [1.82, 2.24) is 10.2 Å². The summed E-state index contributed by atoms with van der Waals surface area (Å²) in [5.74, 6) is -0.679. The molecule has 0 spiro atoms. The van der Waals surface area contributed by atoms with E-state index in [0.29, 0.717) is 30.8 Å². The first-order valence-electron chi connectivity index (χ1n) is 9.90. The van der Waals surface area contributed by atoms with Crippen LogP contribution in [-0.4, -0.2) is 52.9 Å². The van der Waals surface area contributed by atoms with E-state index in [1.165, 1.54) is 11.1 Å². The largest absolute Gasteiger partial charge is 0.332 e. The molecule has 2 saturated heterocycles. The maximum Gasteiger partial charge on any atom is 0.227 e. The highest BCUT2D eigenvalue weighted by molar-refractivity contribution is 7.80. The lowest BCUT2D eigenvalue weighted by atomic mass is 9.86. The average Bonchev–Trinajstić information content (AvgIpc) is 3.29. The second-order valence-corrected chi connectivity index (χ2v) is 8.37. The van der Waals surface area contributed by atoms with Crippen molar-refractivity contribution >= 4 is 41.1 Å². The van der Waals surface area contributed by atoms with Crippen molar-refractivity contribution in [3.05, 3.63) is 41.0 Å². The number of piperidine rings is 1. The van der Waals surface area contributed by atoms with Crippen molar-refractivity contribution in [3.8, 4) is 0 Å². The van der Waals surface area contributed by atoms with Gasteiger partial charge in [0.1, 0.15) is 6.29 Å². The molecule has 3 atom stereocenters. The Hall–Kier alpha value is -2.18. The summed E-state index contributed by atoms with van der Waals surface area (Å²) < 4.78 is 0. The average molecular weight is 397 g/mol. The van der Waals surface area contributed by atoms with Crippen molar-refractivity contribution in [2.75, 3.05) is 13.1 Å². The van der Waals surface area contributed by atoms with Crippen LogP contribution in [0.15, 0.2) is 29.8 Å². The molecule has 28 heavy (non-hydrogen) atoms. The van der Waals surface area contributed by atoms with Gasteiger partial charge in [-0.2, -0.15) is 0 Å². The summed E-state index contributed by atoms with van der Waals surface area (Å²) in [5, 5.41) is 3.00. The molecule has 2 aliphatic heterocycles. The van der Waals surface area contributed by atoms with Gasteiger partial charge in [0.2, 0.25) is 5.91 Å². The molecule has 1 aliphatic carbocycles. The minimum Gasteiger partial charge on any atom is -0.332 e. The number of carbonyl (C=O) groups excluding carboxylic acids is 3. The summed E-state index contributed by atoms with van der Waals surface area (Å²) in [6, 6.07) is 7.12. The highest BCUT2D eigenvalue weighted by Crippen LogP contribution is 2.29. The number of amides is 1. The van der Waals surface area contributed by atoms with E-state index in [4.69, 9.17) is 12.2 Å². The first-order chi connectivity index (χ1) is 13.6. The predicted octanol–water partition coefficient (Wildman–Crippen LogP) is 2.12. The van der Waals surface area contributed by atoms with E-state index in [2.05, 4.69) is 23.5 Å². The molecule has 146 valence electrons. The molecule has 1 amide bonds. The Morgan fingerprint density at radius 3 is 2.86 bits per heavy atom. The SMILES string of the molecule is O=C[C@H]1NCC(=S)C1C(=O)C1CCCCN1C(=O)CC1=Cc2ccccc2C1. The molecule has 1 N–H and O–H groups in total. The number of hydrogen-bond donors (Lipinski definition) is 1. The Bertz CT molecular complexity index is 863. The van der Waals surface area contributed by atoms with E-state index >= 15 is 0 Å². The van der Waals surface area contributed by atoms with Crippen molar-refractivity contribution in [3.63, 3.8) is 0 Å². The number of nitrogens with zero attached hydrogens (tertiary/aromatic N) is 1. The Kier molecular flexibility index (Phi) is 5.51. The molecule has 2 heterocycles. The number of ketones is 1. The van der Waals surface area contributed by atoms with Gasteiger partial charge in [-0.1, -0.05) is 48.1 Å². The third kappa shape index (κ3) is 3.59. The van der Waals surface area contributed by atoms with Gasteiger partial charge in [-0.25, -0.2) is 0 Å². The first-order valence-corrected chi connectivity index (χ1v) is 10.3. The fourth-order valence-corrected chi connectivity index (χ4v) is 4.95. The fraction of sp³-hybridized carbons (Fsp3) is 0.455. The number of benzene rings is 1. The number of likely N-dealkylation sites (tertiary alicyclic amines) is 1. The molecule has 6 heteroatoms. The summed E-state index contributed by atoms with van der Waals surface area (Å²) in [7, 11) is 0. The summed E-state index contributed by atoms with van der Waals surface area (Å²) in [6.45, 7) is 0.995. The lowest BCUT2D eigenvalue weighted by Gasteiger charge is -2.36. The molecule has 0 aromatic heterocycles. The fourth-order valence-electron chi connectivity index (χ4n) is 4.60. The van der Waals surface area contributed by atoms with Crippen LogP contribution in [0.2, 0.25) is 0 Å². The van der Waals surface area contributed by atoms with Crippen molar-refractivity contribution in [2.24, 2.45) is 5.92 Å². The third-order valence-corrected chi connectivity index (χ3v) is 6.43. The molecule has 5 nitrogen and oxygen atoms in total. The number of thiocarbonyl (C=S) groups is 1. The Balaban J connectivity index is 1.48. The van der Waals surface area contributed by atoms with Crippen LogP contribution in [0.25, 0.3) is 6.08 Å². The Morgan fingerprint density at radius 1 is 1.25 bits per heavy atom. The molecule has 4 rings (SSSR count). The van der Waals surface area contributed by atoms with Crippen molar-refractivity contribution in [2.45, 2.75) is 44.2 Å². The number of aldehydes is 1. The maximum atomic E-state index is 13.2. The molecule has 2 unspecified atom stereocenters. The molecular formula is C22H24N2O3S. The van der Waals surface area contributed by atoms with E-state index in [1.54, 1.807) is 4.90 Å². The zero-order valence-electron chi connectivity index (χ0n) is 15.7. The van der Waals surface area contributed by atoms with Gasteiger partial charge in [-0.15, -0.1) is 0 Å². The zero-order chi connectivity index (χ0) is 19.7. The van der Waals surface area contributed by atoms with Gasteiger partial charge in [-0.05, 0) is 36.8 Å². The van der Waals surface area contributed by atoms with Gasteiger partial charge in [0.05, 0.1) is 18.0 Å². The van der Waals surface area contributed by atoms with Gasteiger partial charge in [-0.3, -0.25) is 9.59 Å². The lowest BCUT2D eigenvalue weighted by molar-refractivity contribution is -0.142. The number of hydrogen-bond acceptors (Lipinski definition) is 5. The highest BCUT2D eigenvalue weighted by atomic mass is 32.1. The van der Waals surface area contributed by atoms with E-state index in [1.807, 2.05) is 12.1 Å². The summed E-state index contributed by atoms with van der Waals surface area (Å²) in [5.41, 5.74) is 3.51. The molecule has 2 fully saturated rings. The number of carbonyl (C=O) groups is 3. The van der Waals surface area contributed by atoms with Crippen LogP contribution in [0.3, 0.4) is 0 Å². The van der Waals surface area contributed by atoms with Crippen LogP contribution in [-0.2, 0) is 20.8 Å². The van der Waals surface area contributed by atoms with E-state index < -0.39 is 18.0 Å². The van der Waals surface area contributed by atoms with Crippen molar-refractivity contribution in [1.29, 1.82) is 0 Å². The lowest BCUT2D eigenvalue weighted by Crippen LogP contribution is -2.52. The van der Waals surface area contributed by atoms with Crippen LogP contribution < -0.4 is 5.32 Å². The topological polar surface area (TPSA) is 66.5 Å². The quantitative estimate of drug-likeness (QED) is 0.610. The van der Waals surface area contributed by atoms with Crippen LogP contribution >= 0.6 is 12.2 Å². The number of rotatable bonds is 5. The molecule has 1 aromatic rings. The van der Waals surface area contributed by atoms with Gasteiger partial charge >= 0.3 is 0 Å².